The minimum atomic E-state index is -3.50. The van der Waals surface area contributed by atoms with E-state index in [4.69, 9.17) is 4.42 Å². The van der Waals surface area contributed by atoms with Crippen LogP contribution in [0.4, 0.5) is 0 Å². The summed E-state index contributed by atoms with van der Waals surface area (Å²) in [7, 11) is -3.50. The molecule has 1 aromatic carbocycles. The van der Waals surface area contributed by atoms with Crippen molar-refractivity contribution in [1.29, 1.82) is 0 Å². The Hall–Kier alpha value is -1.77. The monoisotopic (exact) mass is 422 g/mol. The lowest BCUT2D eigenvalue weighted by Gasteiger charge is -2.30. The Morgan fingerprint density at radius 3 is 2.54 bits per heavy atom. The summed E-state index contributed by atoms with van der Waals surface area (Å²) in [6, 6.07) is 10.7. The van der Waals surface area contributed by atoms with Crippen molar-refractivity contribution in [3.8, 4) is 0 Å². The first-order valence-electron chi connectivity index (χ1n) is 9.45. The molecule has 1 aromatic heterocycles. The quantitative estimate of drug-likeness (QED) is 0.522. The van der Waals surface area contributed by atoms with Crippen LogP contribution in [0.15, 0.2) is 56.9 Å². The number of aryl methyl sites for hydroxylation is 1. The summed E-state index contributed by atoms with van der Waals surface area (Å²) in [6.07, 6.45) is 6.30. The summed E-state index contributed by atoms with van der Waals surface area (Å²) in [5.41, 5.74) is 0. The highest BCUT2D eigenvalue weighted by Gasteiger charge is 2.31. The highest BCUT2D eigenvalue weighted by molar-refractivity contribution is 7.98. The highest BCUT2D eigenvalue weighted by atomic mass is 32.2. The molecule has 2 heterocycles. The molecule has 0 unspecified atom stereocenters. The molecule has 1 N–H and O–H groups in total. The van der Waals surface area contributed by atoms with Gasteiger partial charge >= 0.3 is 0 Å². The third kappa shape index (κ3) is 5.18. The average Bonchev–Trinajstić information content (AvgIpc) is 3.25. The normalized spacial score (nSPS) is 16.2. The molecule has 1 aliphatic rings. The minimum absolute atomic E-state index is 0.0146. The molecule has 152 valence electrons. The summed E-state index contributed by atoms with van der Waals surface area (Å²) in [4.78, 5) is 13.7. The number of benzene rings is 1. The van der Waals surface area contributed by atoms with Crippen LogP contribution in [0.1, 0.15) is 25.0 Å². The molecular weight excluding hydrogens is 396 g/mol. The van der Waals surface area contributed by atoms with E-state index in [2.05, 4.69) is 5.32 Å². The summed E-state index contributed by atoms with van der Waals surface area (Å²) in [5.74, 6) is 0.799. The Labute approximate surface area is 170 Å². The SMILES string of the molecule is CSc1ccc(S(=O)(=O)N2CCC(C(=O)NCCCc3ccco3)CC2)cc1. The van der Waals surface area contributed by atoms with Crippen LogP contribution in [-0.2, 0) is 21.2 Å². The van der Waals surface area contributed by atoms with E-state index in [1.54, 1.807) is 30.2 Å². The van der Waals surface area contributed by atoms with Crippen LogP contribution in [0.5, 0.6) is 0 Å². The molecule has 0 spiro atoms. The third-order valence-electron chi connectivity index (χ3n) is 5.00. The summed E-state index contributed by atoms with van der Waals surface area (Å²) >= 11 is 1.58. The molecule has 3 rings (SSSR count). The Morgan fingerprint density at radius 1 is 1.21 bits per heavy atom. The maximum Gasteiger partial charge on any atom is 0.243 e. The Balaban J connectivity index is 1.45. The van der Waals surface area contributed by atoms with Crippen molar-refractivity contribution >= 4 is 27.7 Å². The van der Waals surface area contributed by atoms with Gasteiger partial charge < -0.3 is 9.73 Å². The zero-order chi connectivity index (χ0) is 20.0. The van der Waals surface area contributed by atoms with Crippen molar-refractivity contribution in [3.63, 3.8) is 0 Å². The number of thioether (sulfide) groups is 1. The molecule has 28 heavy (non-hydrogen) atoms. The number of hydrogen-bond donors (Lipinski definition) is 1. The molecule has 6 nitrogen and oxygen atoms in total. The Morgan fingerprint density at radius 2 is 1.93 bits per heavy atom. The standard InChI is InChI=1S/C20H26N2O4S2/c1-27-18-6-8-19(9-7-18)28(24,25)22-13-10-16(11-14-22)20(23)21-12-2-4-17-5-3-15-26-17/h3,5-9,15-16H,2,4,10-14H2,1H3,(H,21,23). The fourth-order valence-corrected chi connectivity index (χ4v) is 5.21. The van der Waals surface area contributed by atoms with Gasteiger partial charge in [-0.05, 0) is 61.9 Å². The predicted octanol–water partition coefficient (Wildman–Crippen LogP) is 3.15. The Kier molecular flexibility index (Phi) is 7.20. The van der Waals surface area contributed by atoms with Gasteiger partial charge in [0.25, 0.3) is 0 Å². The first-order valence-corrected chi connectivity index (χ1v) is 12.1. The van der Waals surface area contributed by atoms with Crippen LogP contribution in [0, 0.1) is 5.92 Å². The van der Waals surface area contributed by atoms with E-state index >= 15 is 0 Å². The number of piperidine rings is 1. The largest absolute Gasteiger partial charge is 0.469 e. The lowest BCUT2D eigenvalue weighted by molar-refractivity contribution is -0.126. The van der Waals surface area contributed by atoms with Crippen molar-refractivity contribution < 1.29 is 17.6 Å². The number of carbonyl (C=O) groups is 1. The van der Waals surface area contributed by atoms with Gasteiger partial charge in [-0.25, -0.2) is 8.42 Å². The second-order valence-corrected chi connectivity index (χ2v) is 9.65. The van der Waals surface area contributed by atoms with Crippen LogP contribution in [-0.4, -0.2) is 44.5 Å². The van der Waals surface area contributed by atoms with Gasteiger partial charge in [0.15, 0.2) is 0 Å². The topological polar surface area (TPSA) is 79.6 Å². The number of nitrogens with zero attached hydrogens (tertiary/aromatic N) is 1. The van der Waals surface area contributed by atoms with Gasteiger partial charge in [-0.1, -0.05) is 0 Å². The number of furan rings is 1. The number of sulfonamides is 1. The van der Waals surface area contributed by atoms with Crippen LogP contribution < -0.4 is 5.32 Å². The van der Waals surface area contributed by atoms with E-state index in [1.165, 1.54) is 4.31 Å². The van der Waals surface area contributed by atoms with E-state index in [0.29, 0.717) is 37.4 Å². The first kappa shape index (κ1) is 21.0. The first-order chi connectivity index (χ1) is 13.5. The molecule has 0 radical (unpaired) electrons. The number of nitrogens with one attached hydrogen (secondary N) is 1. The average molecular weight is 423 g/mol. The molecular formula is C20H26N2O4S2. The second kappa shape index (κ2) is 9.62. The van der Waals surface area contributed by atoms with E-state index in [-0.39, 0.29) is 11.8 Å². The lowest BCUT2D eigenvalue weighted by atomic mass is 9.97. The molecule has 1 aliphatic heterocycles. The highest BCUT2D eigenvalue weighted by Crippen LogP contribution is 2.25. The lowest BCUT2D eigenvalue weighted by Crippen LogP contribution is -2.43. The smallest absolute Gasteiger partial charge is 0.243 e. The van der Waals surface area contributed by atoms with Gasteiger partial charge in [-0.2, -0.15) is 4.31 Å². The number of amides is 1. The third-order valence-corrected chi connectivity index (χ3v) is 7.66. The van der Waals surface area contributed by atoms with E-state index in [1.807, 2.05) is 30.5 Å². The molecule has 0 bridgehead atoms. The Bertz CT molecular complexity index is 856. The van der Waals surface area contributed by atoms with Crippen molar-refractivity contribution in [2.24, 2.45) is 5.92 Å². The zero-order valence-corrected chi connectivity index (χ0v) is 17.6. The molecule has 2 aromatic rings. The predicted molar refractivity (Wildman–Crippen MR) is 110 cm³/mol. The molecule has 1 fully saturated rings. The van der Waals surface area contributed by atoms with Gasteiger partial charge in [0.05, 0.1) is 11.2 Å². The maximum atomic E-state index is 12.8. The summed E-state index contributed by atoms with van der Waals surface area (Å²) in [5, 5.41) is 2.96. The summed E-state index contributed by atoms with van der Waals surface area (Å²) in [6.45, 7) is 1.34. The number of hydrogen-bond acceptors (Lipinski definition) is 5. The van der Waals surface area contributed by atoms with E-state index < -0.39 is 10.0 Å². The van der Waals surface area contributed by atoms with E-state index in [0.717, 1.165) is 23.5 Å². The number of carbonyl (C=O) groups excluding carboxylic acids is 1. The van der Waals surface area contributed by atoms with Gasteiger partial charge in [0.1, 0.15) is 5.76 Å². The van der Waals surface area contributed by atoms with Gasteiger partial charge in [0.2, 0.25) is 15.9 Å². The van der Waals surface area contributed by atoms with Gasteiger partial charge in [-0.3, -0.25) is 4.79 Å². The molecule has 0 saturated carbocycles. The van der Waals surface area contributed by atoms with Crippen molar-refractivity contribution in [2.75, 3.05) is 25.9 Å². The maximum absolute atomic E-state index is 12.8. The van der Waals surface area contributed by atoms with Crippen LogP contribution in [0.25, 0.3) is 0 Å². The van der Waals surface area contributed by atoms with Gasteiger partial charge in [-0.15, -0.1) is 11.8 Å². The molecule has 0 atom stereocenters. The minimum Gasteiger partial charge on any atom is -0.469 e. The zero-order valence-electron chi connectivity index (χ0n) is 16.0. The second-order valence-electron chi connectivity index (χ2n) is 6.83. The van der Waals surface area contributed by atoms with Crippen molar-refractivity contribution in [2.45, 2.75) is 35.5 Å². The number of rotatable bonds is 8. The molecule has 0 aliphatic carbocycles. The fourth-order valence-electron chi connectivity index (χ4n) is 3.33. The van der Waals surface area contributed by atoms with Crippen LogP contribution >= 0.6 is 11.8 Å². The van der Waals surface area contributed by atoms with Crippen molar-refractivity contribution in [1.82, 2.24) is 9.62 Å². The van der Waals surface area contributed by atoms with Crippen LogP contribution in [0.3, 0.4) is 0 Å². The van der Waals surface area contributed by atoms with Crippen molar-refractivity contribution in [3.05, 3.63) is 48.4 Å². The molecule has 1 saturated heterocycles. The van der Waals surface area contributed by atoms with Gasteiger partial charge in [0, 0.05) is 36.9 Å². The fraction of sp³-hybridized carbons (Fsp3) is 0.450. The molecule has 8 heteroatoms. The summed E-state index contributed by atoms with van der Waals surface area (Å²) < 4.78 is 32.4. The molecule has 1 amide bonds. The van der Waals surface area contributed by atoms with Crippen LogP contribution in [0.2, 0.25) is 0 Å². The van der Waals surface area contributed by atoms with E-state index in [9.17, 15) is 13.2 Å².